The largest absolute Gasteiger partial charge is 0.392 e. The maximum atomic E-state index is 12.5. The highest BCUT2D eigenvalue weighted by Crippen LogP contribution is 2.24. The fourth-order valence-electron chi connectivity index (χ4n) is 1.28. The van der Waals surface area contributed by atoms with Crippen molar-refractivity contribution in [2.75, 3.05) is 0 Å². The number of pyridine rings is 1. The number of aromatic nitrogens is 1. The van der Waals surface area contributed by atoms with Crippen LogP contribution in [0.2, 0.25) is 0 Å². The van der Waals surface area contributed by atoms with Crippen LogP contribution in [0.25, 0.3) is 0 Å². The molecule has 1 aromatic heterocycles. The summed E-state index contributed by atoms with van der Waals surface area (Å²) in [5.41, 5.74) is 6.14. The van der Waals surface area contributed by atoms with Gasteiger partial charge in [-0.25, -0.2) is 8.78 Å². The van der Waals surface area contributed by atoms with Crippen LogP contribution in [0.5, 0.6) is 0 Å². The summed E-state index contributed by atoms with van der Waals surface area (Å²) in [6, 6.07) is 1.61. The topological polar surface area (TPSA) is 59.1 Å². The summed E-state index contributed by atoms with van der Waals surface area (Å²) < 4.78 is 25.0. The van der Waals surface area contributed by atoms with Gasteiger partial charge in [-0.15, -0.1) is 0 Å². The summed E-state index contributed by atoms with van der Waals surface area (Å²) in [5, 5.41) is 8.91. The van der Waals surface area contributed by atoms with E-state index in [4.69, 9.17) is 10.8 Å². The Hall–Kier alpha value is -1.07. The molecule has 0 amide bonds. The third kappa shape index (κ3) is 2.05. The SMILES string of the molecule is Cc1cc(CN)nc(C(F)F)c1CO. The first-order valence-corrected chi connectivity index (χ1v) is 4.18. The van der Waals surface area contributed by atoms with Crippen LogP contribution in [-0.2, 0) is 13.2 Å². The molecule has 0 aromatic carbocycles. The second kappa shape index (κ2) is 4.43. The third-order valence-electron chi connectivity index (χ3n) is 2.01. The highest BCUT2D eigenvalue weighted by molar-refractivity contribution is 5.32. The third-order valence-corrected chi connectivity index (χ3v) is 2.01. The van der Waals surface area contributed by atoms with E-state index in [9.17, 15) is 8.78 Å². The Labute approximate surface area is 80.6 Å². The van der Waals surface area contributed by atoms with E-state index in [0.717, 1.165) is 0 Å². The molecule has 1 aromatic rings. The number of alkyl halides is 2. The van der Waals surface area contributed by atoms with Crippen LogP contribution in [-0.4, -0.2) is 10.1 Å². The maximum Gasteiger partial charge on any atom is 0.280 e. The average Bonchev–Trinajstić information content (AvgIpc) is 2.16. The summed E-state index contributed by atoms with van der Waals surface area (Å²) in [4.78, 5) is 3.69. The Morgan fingerprint density at radius 2 is 2.21 bits per heavy atom. The molecule has 3 nitrogen and oxygen atoms in total. The monoisotopic (exact) mass is 202 g/mol. The molecule has 0 radical (unpaired) electrons. The number of nitrogens with two attached hydrogens (primary N) is 1. The van der Waals surface area contributed by atoms with Gasteiger partial charge >= 0.3 is 0 Å². The van der Waals surface area contributed by atoms with Crippen LogP contribution in [0.1, 0.15) is 28.9 Å². The van der Waals surface area contributed by atoms with Gasteiger partial charge in [0.15, 0.2) is 0 Å². The number of aliphatic hydroxyl groups is 1. The molecule has 78 valence electrons. The molecule has 14 heavy (non-hydrogen) atoms. The molecule has 0 saturated heterocycles. The van der Waals surface area contributed by atoms with Gasteiger partial charge in [-0.3, -0.25) is 4.98 Å². The molecule has 0 saturated carbocycles. The molecule has 0 bridgehead atoms. The standard InChI is InChI=1S/C9H12F2N2O/c1-5-2-6(3-12)13-8(9(10)11)7(5)4-14/h2,9,14H,3-4,12H2,1H3. The van der Waals surface area contributed by atoms with E-state index >= 15 is 0 Å². The first-order chi connectivity index (χ1) is 6.60. The number of hydrogen-bond donors (Lipinski definition) is 2. The lowest BCUT2D eigenvalue weighted by Gasteiger charge is -2.10. The Morgan fingerprint density at radius 3 is 2.64 bits per heavy atom. The van der Waals surface area contributed by atoms with Crippen molar-refractivity contribution in [2.45, 2.75) is 26.5 Å². The highest BCUT2D eigenvalue weighted by atomic mass is 19.3. The van der Waals surface area contributed by atoms with E-state index in [0.29, 0.717) is 11.3 Å². The van der Waals surface area contributed by atoms with Crippen LogP contribution in [0.4, 0.5) is 8.78 Å². The Bertz CT molecular complexity index is 329. The van der Waals surface area contributed by atoms with Crippen LogP contribution in [0.15, 0.2) is 6.07 Å². The van der Waals surface area contributed by atoms with Gasteiger partial charge in [-0.05, 0) is 18.6 Å². The molecule has 0 atom stereocenters. The van der Waals surface area contributed by atoms with E-state index in [1.807, 2.05) is 0 Å². The summed E-state index contributed by atoms with van der Waals surface area (Å²) in [6.07, 6.45) is -2.68. The van der Waals surface area contributed by atoms with Crippen LogP contribution >= 0.6 is 0 Å². The minimum atomic E-state index is -2.68. The molecular formula is C9H12F2N2O. The minimum absolute atomic E-state index is 0.117. The molecule has 1 rings (SSSR count). The van der Waals surface area contributed by atoms with Crippen molar-refractivity contribution in [3.63, 3.8) is 0 Å². The van der Waals surface area contributed by atoms with Crippen LogP contribution in [0.3, 0.4) is 0 Å². The number of halogens is 2. The molecule has 0 unspecified atom stereocenters. The zero-order chi connectivity index (χ0) is 10.7. The molecule has 1 heterocycles. The smallest absolute Gasteiger partial charge is 0.280 e. The van der Waals surface area contributed by atoms with Crippen molar-refractivity contribution in [2.24, 2.45) is 5.73 Å². The van der Waals surface area contributed by atoms with E-state index in [1.54, 1.807) is 13.0 Å². The van der Waals surface area contributed by atoms with Crippen molar-refractivity contribution < 1.29 is 13.9 Å². The van der Waals surface area contributed by atoms with E-state index in [-0.39, 0.29) is 17.8 Å². The van der Waals surface area contributed by atoms with Crippen LogP contribution in [0, 0.1) is 6.92 Å². The quantitative estimate of drug-likeness (QED) is 0.776. The lowest BCUT2D eigenvalue weighted by atomic mass is 10.1. The highest BCUT2D eigenvalue weighted by Gasteiger charge is 2.17. The maximum absolute atomic E-state index is 12.5. The fraction of sp³-hybridized carbons (Fsp3) is 0.444. The molecule has 0 aliphatic carbocycles. The van der Waals surface area contributed by atoms with Gasteiger partial charge in [0.2, 0.25) is 0 Å². The second-order valence-corrected chi connectivity index (χ2v) is 2.96. The number of rotatable bonds is 3. The van der Waals surface area contributed by atoms with Gasteiger partial charge in [-0.1, -0.05) is 0 Å². The predicted octanol–water partition coefficient (Wildman–Crippen LogP) is 1.28. The van der Waals surface area contributed by atoms with Crippen LogP contribution < -0.4 is 5.73 Å². The average molecular weight is 202 g/mol. The summed E-state index contributed by atoms with van der Waals surface area (Å²) in [6.45, 7) is 1.34. The van der Waals surface area contributed by atoms with Crippen molar-refractivity contribution in [3.8, 4) is 0 Å². The summed E-state index contributed by atoms with van der Waals surface area (Å²) in [5.74, 6) is 0. The lowest BCUT2D eigenvalue weighted by Crippen LogP contribution is -2.08. The van der Waals surface area contributed by atoms with Gasteiger partial charge in [0, 0.05) is 12.1 Å². The van der Waals surface area contributed by atoms with Crippen molar-refractivity contribution in [1.29, 1.82) is 0 Å². The van der Waals surface area contributed by atoms with Gasteiger partial charge in [0.1, 0.15) is 5.69 Å². The molecule has 5 heteroatoms. The van der Waals surface area contributed by atoms with E-state index in [1.165, 1.54) is 0 Å². The zero-order valence-corrected chi connectivity index (χ0v) is 7.80. The molecule has 3 N–H and O–H groups in total. The summed E-state index contributed by atoms with van der Waals surface area (Å²) >= 11 is 0. The molecule has 0 fully saturated rings. The van der Waals surface area contributed by atoms with Gasteiger partial charge in [0.05, 0.1) is 12.3 Å². The van der Waals surface area contributed by atoms with Gasteiger partial charge < -0.3 is 10.8 Å². The Kier molecular flexibility index (Phi) is 3.49. The van der Waals surface area contributed by atoms with Gasteiger partial charge in [-0.2, -0.15) is 0 Å². The summed E-state index contributed by atoms with van der Waals surface area (Å²) in [7, 11) is 0. The minimum Gasteiger partial charge on any atom is -0.392 e. The number of hydrogen-bond acceptors (Lipinski definition) is 3. The zero-order valence-electron chi connectivity index (χ0n) is 7.80. The number of aryl methyl sites for hydroxylation is 1. The van der Waals surface area contributed by atoms with E-state index < -0.39 is 13.0 Å². The number of aliphatic hydroxyl groups excluding tert-OH is 1. The second-order valence-electron chi connectivity index (χ2n) is 2.96. The molecular weight excluding hydrogens is 190 g/mol. The van der Waals surface area contributed by atoms with Crippen molar-refractivity contribution in [1.82, 2.24) is 4.98 Å². The normalized spacial score (nSPS) is 11.0. The first-order valence-electron chi connectivity index (χ1n) is 4.18. The lowest BCUT2D eigenvalue weighted by molar-refractivity contribution is 0.141. The fourth-order valence-corrected chi connectivity index (χ4v) is 1.28. The number of nitrogens with zero attached hydrogens (tertiary/aromatic N) is 1. The van der Waals surface area contributed by atoms with Crippen molar-refractivity contribution in [3.05, 3.63) is 28.6 Å². The van der Waals surface area contributed by atoms with Gasteiger partial charge in [0.25, 0.3) is 6.43 Å². The predicted molar refractivity (Wildman–Crippen MR) is 47.7 cm³/mol. The Morgan fingerprint density at radius 1 is 1.57 bits per heavy atom. The molecule has 0 spiro atoms. The molecule has 0 aliphatic heterocycles. The first kappa shape index (κ1) is 11.0. The molecule has 0 aliphatic rings. The Balaban J connectivity index is 3.28. The van der Waals surface area contributed by atoms with E-state index in [2.05, 4.69) is 4.98 Å². The van der Waals surface area contributed by atoms with Crippen molar-refractivity contribution >= 4 is 0 Å².